The molecule has 68 valence electrons. The molecule has 0 amide bonds. The summed E-state index contributed by atoms with van der Waals surface area (Å²) in [6, 6.07) is 0.944. The summed E-state index contributed by atoms with van der Waals surface area (Å²) >= 11 is 0. The summed E-state index contributed by atoms with van der Waals surface area (Å²) in [4.78, 5) is 0. The van der Waals surface area contributed by atoms with Gasteiger partial charge in [-0.2, -0.15) is 18.3 Å². The molecule has 0 aliphatic heterocycles. The number of halogens is 3. The van der Waals surface area contributed by atoms with Crippen molar-refractivity contribution in [2.75, 3.05) is 0 Å². The Morgan fingerprint density at radius 1 is 1.58 bits per heavy atom. The second kappa shape index (κ2) is 2.78. The Morgan fingerprint density at radius 2 is 2.17 bits per heavy atom. The summed E-state index contributed by atoms with van der Waals surface area (Å²) in [5.74, 6) is 0. The van der Waals surface area contributed by atoms with E-state index in [0.29, 0.717) is 5.69 Å². The van der Waals surface area contributed by atoms with Gasteiger partial charge in [0.25, 0.3) is 0 Å². The van der Waals surface area contributed by atoms with Crippen molar-refractivity contribution >= 4 is 0 Å². The quantitative estimate of drug-likeness (QED) is 0.696. The Morgan fingerprint density at radius 3 is 2.42 bits per heavy atom. The van der Waals surface area contributed by atoms with Gasteiger partial charge in [-0.3, -0.25) is 4.68 Å². The smallest absolute Gasteiger partial charge is 0.325 e. The lowest BCUT2D eigenvalue weighted by atomic mass is 10.3. The minimum Gasteiger partial charge on any atom is -0.325 e. The van der Waals surface area contributed by atoms with Crippen molar-refractivity contribution in [3.05, 3.63) is 17.5 Å². The van der Waals surface area contributed by atoms with Gasteiger partial charge >= 0.3 is 6.18 Å². The van der Waals surface area contributed by atoms with E-state index in [-0.39, 0.29) is 6.54 Å². The summed E-state index contributed by atoms with van der Waals surface area (Å²) in [7, 11) is 1.43. The molecule has 0 unspecified atom stereocenters. The predicted octanol–water partition coefficient (Wildman–Crippen LogP) is 0.898. The molecule has 2 N–H and O–H groups in total. The van der Waals surface area contributed by atoms with Crippen molar-refractivity contribution in [2.24, 2.45) is 12.8 Å². The summed E-state index contributed by atoms with van der Waals surface area (Å²) in [6.45, 7) is 0.0551. The van der Waals surface area contributed by atoms with Gasteiger partial charge in [-0.1, -0.05) is 0 Å². The van der Waals surface area contributed by atoms with E-state index in [0.717, 1.165) is 10.7 Å². The number of nitrogens with zero attached hydrogens (tertiary/aromatic N) is 2. The highest BCUT2D eigenvalue weighted by molar-refractivity contribution is 5.12. The largest absolute Gasteiger partial charge is 0.435 e. The molecule has 0 aliphatic rings. The summed E-state index contributed by atoms with van der Waals surface area (Å²) < 4.78 is 37.1. The van der Waals surface area contributed by atoms with Gasteiger partial charge in [0.1, 0.15) is 0 Å². The summed E-state index contributed by atoms with van der Waals surface area (Å²) in [6.07, 6.45) is -4.38. The van der Waals surface area contributed by atoms with Crippen LogP contribution < -0.4 is 5.73 Å². The highest BCUT2D eigenvalue weighted by atomic mass is 19.4. The Kier molecular flexibility index (Phi) is 2.10. The number of aromatic nitrogens is 2. The van der Waals surface area contributed by atoms with Crippen LogP contribution in [0.1, 0.15) is 11.4 Å². The lowest BCUT2D eigenvalue weighted by Gasteiger charge is -1.99. The third-order valence-corrected chi connectivity index (χ3v) is 1.48. The maximum atomic E-state index is 12.0. The van der Waals surface area contributed by atoms with Gasteiger partial charge in [0.15, 0.2) is 5.69 Å². The summed E-state index contributed by atoms with van der Waals surface area (Å²) in [5, 5.41) is 3.26. The number of aryl methyl sites for hydroxylation is 1. The standard InChI is InChI=1S/C6H8F3N3/c1-12-4(3-10)2-5(11-12)6(7,8)9/h2H,3,10H2,1H3. The topological polar surface area (TPSA) is 43.8 Å². The fourth-order valence-electron chi connectivity index (χ4n) is 0.835. The number of alkyl halides is 3. The van der Waals surface area contributed by atoms with Crippen molar-refractivity contribution in [3.8, 4) is 0 Å². The average Bonchev–Trinajstić information content (AvgIpc) is 2.29. The van der Waals surface area contributed by atoms with Crippen LogP contribution in [-0.2, 0) is 19.8 Å². The predicted molar refractivity (Wildman–Crippen MR) is 36.1 cm³/mol. The van der Waals surface area contributed by atoms with Gasteiger partial charge in [-0.25, -0.2) is 0 Å². The first-order valence-electron chi connectivity index (χ1n) is 3.25. The Hall–Kier alpha value is -1.04. The van der Waals surface area contributed by atoms with E-state index in [1.165, 1.54) is 7.05 Å². The molecule has 3 nitrogen and oxygen atoms in total. The molecular formula is C6H8F3N3. The van der Waals surface area contributed by atoms with E-state index in [1.807, 2.05) is 0 Å². The van der Waals surface area contributed by atoms with Crippen molar-refractivity contribution < 1.29 is 13.2 Å². The number of nitrogens with two attached hydrogens (primary N) is 1. The third kappa shape index (κ3) is 1.58. The Labute approximate surface area is 67.0 Å². The third-order valence-electron chi connectivity index (χ3n) is 1.48. The van der Waals surface area contributed by atoms with E-state index in [9.17, 15) is 13.2 Å². The Balaban J connectivity index is 3.05. The van der Waals surface area contributed by atoms with Gasteiger partial charge < -0.3 is 5.73 Å². The zero-order valence-corrected chi connectivity index (χ0v) is 6.39. The molecule has 0 saturated heterocycles. The number of hydrogen-bond acceptors (Lipinski definition) is 2. The van der Waals surface area contributed by atoms with E-state index in [2.05, 4.69) is 5.10 Å². The lowest BCUT2D eigenvalue weighted by Crippen LogP contribution is -2.06. The van der Waals surface area contributed by atoms with Crippen LogP contribution in [-0.4, -0.2) is 9.78 Å². The van der Waals surface area contributed by atoms with Gasteiger partial charge in [0, 0.05) is 13.6 Å². The van der Waals surface area contributed by atoms with Crippen molar-refractivity contribution in [1.82, 2.24) is 9.78 Å². The number of rotatable bonds is 1. The van der Waals surface area contributed by atoms with Gasteiger partial charge in [0.05, 0.1) is 5.69 Å². The van der Waals surface area contributed by atoms with E-state index in [4.69, 9.17) is 5.73 Å². The van der Waals surface area contributed by atoms with E-state index < -0.39 is 11.9 Å². The molecule has 1 rings (SSSR count). The Bertz CT molecular complexity index is 276. The van der Waals surface area contributed by atoms with Crippen LogP contribution in [0.2, 0.25) is 0 Å². The van der Waals surface area contributed by atoms with E-state index in [1.54, 1.807) is 0 Å². The molecule has 1 aromatic rings. The molecule has 0 saturated carbocycles. The molecule has 1 aromatic heterocycles. The second-order valence-corrected chi connectivity index (χ2v) is 2.35. The molecule has 0 aliphatic carbocycles. The molecule has 0 atom stereocenters. The summed E-state index contributed by atoms with van der Waals surface area (Å²) in [5.41, 5.74) is 4.64. The van der Waals surface area contributed by atoms with E-state index >= 15 is 0 Å². The fourth-order valence-corrected chi connectivity index (χ4v) is 0.835. The van der Waals surface area contributed by atoms with Crippen LogP contribution in [0.5, 0.6) is 0 Å². The van der Waals surface area contributed by atoms with Crippen LogP contribution in [0.15, 0.2) is 6.07 Å². The maximum absolute atomic E-state index is 12.0. The minimum atomic E-state index is -4.38. The zero-order chi connectivity index (χ0) is 9.35. The maximum Gasteiger partial charge on any atom is 0.435 e. The molecule has 0 spiro atoms. The number of hydrogen-bond donors (Lipinski definition) is 1. The highest BCUT2D eigenvalue weighted by Crippen LogP contribution is 2.28. The lowest BCUT2D eigenvalue weighted by molar-refractivity contribution is -0.141. The molecule has 0 aromatic carbocycles. The average molecular weight is 179 g/mol. The first-order valence-corrected chi connectivity index (χ1v) is 3.25. The second-order valence-electron chi connectivity index (χ2n) is 2.35. The molecule has 0 bridgehead atoms. The van der Waals surface area contributed by atoms with Crippen LogP contribution >= 0.6 is 0 Å². The molecular weight excluding hydrogens is 171 g/mol. The van der Waals surface area contributed by atoms with Gasteiger partial charge in [-0.05, 0) is 6.07 Å². The van der Waals surface area contributed by atoms with Crippen molar-refractivity contribution in [2.45, 2.75) is 12.7 Å². The minimum absolute atomic E-state index is 0.0551. The highest BCUT2D eigenvalue weighted by Gasteiger charge is 2.34. The van der Waals surface area contributed by atoms with Crippen LogP contribution in [0.25, 0.3) is 0 Å². The van der Waals surface area contributed by atoms with Gasteiger partial charge in [-0.15, -0.1) is 0 Å². The molecule has 6 heteroatoms. The fraction of sp³-hybridized carbons (Fsp3) is 0.500. The molecule has 0 fully saturated rings. The first kappa shape index (κ1) is 9.05. The monoisotopic (exact) mass is 179 g/mol. The molecule has 0 radical (unpaired) electrons. The first-order chi connectivity index (χ1) is 5.45. The SMILES string of the molecule is Cn1nc(C(F)(F)F)cc1CN. The van der Waals surface area contributed by atoms with Crippen molar-refractivity contribution in [1.29, 1.82) is 0 Å². The van der Waals surface area contributed by atoms with Crippen LogP contribution in [0.4, 0.5) is 13.2 Å². The molecule has 1 heterocycles. The van der Waals surface area contributed by atoms with Crippen LogP contribution in [0, 0.1) is 0 Å². The van der Waals surface area contributed by atoms with Crippen molar-refractivity contribution in [3.63, 3.8) is 0 Å². The van der Waals surface area contributed by atoms with Gasteiger partial charge in [0.2, 0.25) is 0 Å². The zero-order valence-electron chi connectivity index (χ0n) is 6.39. The van der Waals surface area contributed by atoms with Crippen LogP contribution in [0.3, 0.4) is 0 Å². The normalized spacial score (nSPS) is 12.1. The molecule has 12 heavy (non-hydrogen) atoms.